The molecule has 0 spiro atoms. The third-order valence-electron chi connectivity index (χ3n) is 5.75. The first-order valence-corrected chi connectivity index (χ1v) is 12.9. The molecule has 0 aliphatic carbocycles. The van der Waals surface area contributed by atoms with Gasteiger partial charge in [0.1, 0.15) is 22.2 Å². The van der Waals surface area contributed by atoms with E-state index in [9.17, 15) is 17.6 Å². The van der Waals surface area contributed by atoms with Crippen molar-refractivity contribution in [3.63, 3.8) is 0 Å². The molecule has 0 aliphatic heterocycles. The molecule has 1 amide bonds. The number of benzene rings is 3. The lowest BCUT2D eigenvalue weighted by Crippen LogP contribution is -2.34. The molecule has 1 aromatic heterocycles. The Morgan fingerprint density at radius 1 is 0.917 bits per heavy atom. The summed E-state index contributed by atoms with van der Waals surface area (Å²) in [5.41, 5.74) is 1.74. The van der Waals surface area contributed by atoms with E-state index in [2.05, 4.69) is 0 Å². The van der Waals surface area contributed by atoms with Crippen molar-refractivity contribution in [3.8, 4) is 5.75 Å². The van der Waals surface area contributed by atoms with E-state index in [0.29, 0.717) is 25.3 Å². The van der Waals surface area contributed by atoms with Crippen LogP contribution in [0.1, 0.15) is 36.1 Å². The number of amides is 1. The number of carbonyl (C=O) groups is 1. The summed E-state index contributed by atoms with van der Waals surface area (Å²) in [5, 5.41) is 0. The fraction of sp³-hybridized carbons (Fsp3) is 0.179. The summed E-state index contributed by atoms with van der Waals surface area (Å²) in [6.45, 7) is 2.58. The van der Waals surface area contributed by atoms with E-state index < -0.39 is 15.9 Å². The lowest BCUT2D eigenvalue weighted by molar-refractivity contribution is -0.134. The van der Waals surface area contributed by atoms with Crippen LogP contribution in [0.3, 0.4) is 0 Å². The van der Waals surface area contributed by atoms with Gasteiger partial charge in [0.2, 0.25) is 5.91 Å². The second-order valence-corrected chi connectivity index (χ2v) is 9.83. The van der Waals surface area contributed by atoms with Crippen molar-refractivity contribution in [2.45, 2.75) is 37.2 Å². The van der Waals surface area contributed by atoms with Crippen LogP contribution in [-0.4, -0.2) is 19.2 Å². The quantitative estimate of drug-likeness (QED) is 0.250. The Labute approximate surface area is 210 Å². The number of furan rings is 1. The molecule has 0 aliphatic rings. The lowest BCUT2D eigenvalue weighted by Gasteiger charge is -2.27. The molecule has 186 valence electrons. The zero-order chi connectivity index (χ0) is 25.5. The summed E-state index contributed by atoms with van der Waals surface area (Å²) in [4.78, 5) is 15.2. The highest BCUT2D eigenvalue weighted by molar-refractivity contribution is 7.87. The molecule has 4 rings (SSSR count). The van der Waals surface area contributed by atoms with Gasteiger partial charge in [0, 0.05) is 6.54 Å². The van der Waals surface area contributed by atoms with Crippen LogP contribution in [0.5, 0.6) is 5.75 Å². The fourth-order valence-electron chi connectivity index (χ4n) is 3.91. The van der Waals surface area contributed by atoms with Crippen LogP contribution in [0.2, 0.25) is 0 Å². The van der Waals surface area contributed by atoms with E-state index in [1.54, 1.807) is 29.4 Å². The van der Waals surface area contributed by atoms with Crippen molar-refractivity contribution in [2.75, 3.05) is 0 Å². The Bertz CT molecular complexity index is 1370. The fourth-order valence-corrected chi connectivity index (χ4v) is 4.84. The molecule has 0 fully saturated rings. The van der Waals surface area contributed by atoms with Gasteiger partial charge in [-0.2, -0.15) is 8.42 Å². The van der Waals surface area contributed by atoms with Crippen molar-refractivity contribution < 1.29 is 26.2 Å². The van der Waals surface area contributed by atoms with Gasteiger partial charge in [-0.15, -0.1) is 0 Å². The molecule has 1 unspecified atom stereocenters. The molecular formula is C28H26FNO5S. The average Bonchev–Trinajstić information content (AvgIpc) is 3.39. The molecule has 8 heteroatoms. The molecule has 0 saturated carbocycles. The Hall–Kier alpha value is -3.91. The Morgan fingerprint density at radius 3 is 2.22 bits per heavy atom. The Morgan fingerprint density at radius 2 is 1.61 bits per heavy atom. The van der Waals surface area contributed by atoms with Crippen molar-refractivity contribution in [2.24, 2.45) is 0 Å². The zero-order valence-electron chi connectivity index (χ0n) is 19.7. The molecule has 0 saturated heterocycles. The van der Waals surface area contributed by atoms with Gasteiger partial charge in [0.15, 0.2) is 0 Å². The first-order chi connectivity index (χ1) is 17.4. The van der Waals surface area contributed by atoms with Crippen molar-refractivity contribution in [3.05, 3.63) is 120 Å². The van der Waals surface area contributed by atoms with Crippen molar-refractivity contribution >= 4 is 16.0 Å². The number of halogens is 1. The summed E-state index contributed by atoms with van der Waals surface area (Å²) in [7, 11) is -4.10. The number of hydrogen-bond donors (Lipinski definition) is 0. The maximum Gasteiger partial charge on any atom is 0.339 e. The van der Waals surface area contributed by atoms with Crippen LogP contribution in [0, 0.1) is 5.82 Å². The first-order valence-electron chi connectivity index (χ1n) is 11.5. The second-order valence-electron chi connectivity index (χ2n) is 8.28. The van der Waals surface area contributed by atoms with Crippen LogP contribution in [0.15, 0.2) is 107 Å². The van der Waals surface area contributed by atoms with E-state index in [4.69, 9.17) is 8.60 Å². The van der Waals surface area contributed by atoms with Gasteiger partial charge >= 0.3 is 10.1 Å². The molecule has 6 nitrogen and oxygen atoms in total. The topological polar surface area (TPSA) is 76.8 Å². The predicted molar refractivity (Wildman–Crippen MR) is 133 cm³/mol. The maximum absolute atomic E-state index is 13.6. The third kappa shape index (κ3) is 6.20. The molecule has 0 N–H and O–H groups in total. The second kappa shape index (κ2) is 11.2. The van der Waals surface area contributed by atoms with Gasteiger partial charge in [-0.1, -0.05) is 49.4 Å². The molecule has 0 bridgehead atoms. The van der Waals surface area contributed by atoms with Crippen molar-refractivity contribution in [1.29, 1.82) is 0 Å². The Kier molecular flexibility index (Phi) is 7.85. The zero-order valence-corrected chi connectivity index (χ0v) is 20.5. The van der Waals surface area contributed by atoms with Crippen LogP contribution in [-0.2, 0) is 28.0 Å². The predicted octanol–water partition coefficient (Wildman–Crippen LogP) is 5.91. The first kappa shape index (κ1) is 25.2. The average molecular weight is 508 g/mol. The summed E-state index contributed by atoms with van der Waals surface area (Å²) in [6.07, 6.45) is 2.21. The molecule has 1 atom stereocenters. The number of nitrogens with zero attached hydrogens (tertiary/aromatic N) is 1. The van der Waals surface area contributed by atoms with Crippen LogP contribution in [0.4, 0.5) is 4.39 Å². The normalized spacial score (nSPS) is 12.2. The van der Waals surface area contributed by atoms with Gasteiger partial charge in [-0.3, -0.25) is 4.79 Å². The van der Waals surface area contributed by atoms with Crippen LogP contribution in [0.25, 0.3) is 0 Å². The smallest absolute Gasteiger partial charge is 0.339 e. The van der Waals surface area contributed by atoms with E-state index in [1.807, 2.05) is 43.3 Å². The van der Waals surface area contributed by atoms with E-state index in [0.717, 1.165) is 35.4 Å². The molecule has 1 heterocycles. The minimum atomic E-state index is -4.10. The summed E-state index contributed by atoms with van der Waals surface area (Å²) >= 11 is 0. The monoisotopic (exact) mass is 507 g/mol. The summed E-state index contributed by atoms with van der Waals surface area (Å²) < 4.78 is 48.8. The van der Waals surface area contributed by atoms with Gasteiger partial charge in [0.05, 0.1) is 18.7 Å². The summed E-state index contributed by atoms with van der Waals surface area (Å²) in [5.74, 6) is -0.0900. The Balaban J connectivity index is 1.52. The molecule has 4 aromatic rings. The maximum atomic E-state index is 13.6. The lowest BCUT2D eigenvalue weighted by atomic mass is 9.94. The van der Waals surface area contributed by atoms with E-state index in [-0.39, 0.29) is 22.5 Å². The highest BCUT2D eigenvalue weighted by Crippen LogP contribution is 2.25. The van der Waals surface area contributed by atoms with Gasteiger partial charge < -0.3 is 13.5 Å². The number of rotatable bonds is 10. The minimum Gasteiger partial charge on any atom is -0.467 e. The molecule has 0 radical (unpaired) electrons. The highest BCUT2D eigenvalue weighted by Gasteiger charge is 2.25. The highest BCUT2D eigenvalue weighted by atomic mass is 32.2. The SMILES string of the molecule is CCC(C(=O)N(Cc1ccc(OS(=O)(=O)c2ccc(F)cc2)cc1)Cc1ccco1)c1ccccc1. The van der Waals surface area contributed by atoms with Crippen LogP contribution >= 0.6 is 0 Å². The van der Waals surface area contributed by atoms with Crippen molar-refractivity contribution in [1.82, 2.24) is 4.90 Å². The largest absolute Gasteiger partial charge is 0.467 e. The van der Waals surface area contributed by atoms with Gasteiger partial charge in [-0.05, 0) is 66.1 Å². The van der Waals surface area contributed by atoms with Crippen LogP contribution < -0.4 is 4.18 Å². The molecule has 3 aromatic carbocycles. The van der Waals surface area contributed by atoms with E-state index in [1.165, 1.54) is 12.1 Å². The van der Waals surface area contributed by atoms with Gasteiger partial charge in [0.25, 0.3) is 0 Å². The molecular weight excluding hydrogens is 481 g/mol. The number of hydrogen-bond acceptors (Lipinski definition) is 5. The third-order valence-corrected chi connectivity index (χ3v) is 7.01. The van der Waals surface area contributed by atoms with E-state index >= 15 is 0 Å². The molecule has 36 heavy (non-hydrogen) atoms. The minimum absolute atomic E-state index is 0.0284. The summed E-state index contributed by atoms with van der Waals surface area (Å²) in [6, 6.07) is 24.1. The van der Waals surface area contributed by atoms with Gasteiger partial charge in [-0.25, -0.2) is 4.39 Å². The number of carbonyl (C=O) groups excluding carboxylic acids is 1. The standard InChI is InChI=1S/C28H26FNO5S/c1-2-27(22-7-4-3-5-8-22)28(31)30(20-25-9-6-18-34-25)19-21-10-14-24(15-11-21)35-36(32,33)26-16-12-23(29)13-17-26/h3-18,27H,2,19-20H2,1H3.